The fraction of sp³-hybridized carbons (Fsp3) is 0.417. The molecular weight excluding hydrogens is 314 g/mol. The van der Waals surface area contributed by atoms with Crippen molar-refractivity contribution in [2.75, 3.05) is 18.8 Å². The van der Waals surface area contributed by atoms with Crippen LogP contribution in [0.15, 0.2) is 29.3 Å². The van der Waals surface area contributed by atoms with Crippen LogP contribution >= 0.6 is 11.8 Å². The van der Waals surface area contributed by atoms with Crippen molar-refractivity contribution in [3.05, 3.63) is 39.9 Å². The molecular formula is C12H15N3O4S2. The Bertz CT molecular complexity index is 656. The number of nitro benzene ring substituents is 1. The lowest BCUT2D eigenvalue weighted by molar-refractivity contribution is -0.384. The van der Waals surface area contributed by atoms with Crippen LogP contribution < -0.4 is 0 Å². The third-order valence-electron chi connectivity index (χ3n) is 2.98. The highest BCUT2D eigenvalue weighted by Crippen LogP contribution is 2.23. The number of amidine groups is 1. The number of benzene rings is 1. The maximum Gasteiger partial charge on any atom is 0.269 e. The summed E-state index contributed by atoms with van der Waals surface area (Å²) in [5.41, 5.74) is 0.922. The second-order valence-electron chi connectivity index (χ2n) is 4.35. The molecule has 0 aromatic heterocycles. The summed E-state index contributed by atoms with van der Waals surface area (Å²) in [4.78, 5) is 14.3. The molecule has 21 heavy (non-hydrogen) atoms. The summed E-state index contributed by atoms with van der Waals surface area (Å²) in [5.74, 6) is 0.566. The summed E-state index contributed by atoms with van der Waals surface area (Å²) in [5, 5.41) is 11.1. The molecule has 0 saturated heterocycles. The molecule has 0 fully saturated rings. The number of non-ortho nitro benzene ring substituents is 1. The van der Waals surface area contributed by atoms with Gasteiger partial charge in [0.15, 0.2) is 5.17 Å². The molecule has 1 aliphatic heterocycles. The second-order valence-corrected chi connectivity index (χ2v) is 7.47. The van der Waals surface area contributed by atoms with Crippen LogP contribution in [0.25, 0.3) is 0 Å². The smallest absolute Gasteiger partial charge is 0.260 e. The Kier molecular flexibility index (Phi) is 4.84. The average Bonchev–Trinajstić information content (AvgIpc) is 2.95. The molecule has 0 atom stereocenters. The van der Waals surface area contributed by atoms with Crippen molar-refractivity contribution in [1.82, 2.24) is 4.31 Å². The molecule has 2 rings (SSSR count). The Morgan fingerprint density at radius 2 is 2.05 bits per heavy atom. The van der Waals surface area contributed by atoms with Crippen molar-refractivity contribution in [3.8, 4) is 0 Å². The molecule has 0 unspecified atom stereocenters. The van der Waals surface area contributed by atoms with Gasteiger partial charge in [-0.1, -0.05) is 23.9 Å². The van der Waals surface area contributed by atoms with Gasteiger partial charge in [0.1, 0.15) is 0 Å². The molecule has 1 heterocycles. The van der Waals surface area contributed by atoms with Crippen LogP contribution in [0.3, 0.4) is 0 Å². The van der Waals surface area contributed by atoms with Crippen molar-refractivity contribution in [3.63, 3.8) is 0 Å². The van der Waals surface area contributed by atoms with Crippen molar-refractivity contribution >= 4 is 32.6 Å². The van der Waals surface area contributed by atoms with E-state index >= 15 is 0 Å². The van der Waals surface area contributed by atoms with Crippen LogP contribution in [0.4, 0.5) is 5.69 Å². The van der Waals surface area contributed by atoms with Gasteiger partial charge in [-0.3, -0.25) is 15.1 Å². The van der Waals surface area contributed by atoms with E-state index in [0.717, 1.165) is 5.56 Å². The summed E-state index contributed by atoms with van der Waals surface area (Å²) in [7, 11) is -3.28. The van der Waals surface area contributed by atoms with E-state index in [9.17, 15) is 18.5 Å². The number of aliphatic imine (C=N–C) groups is 1. The Hall–Kier alpha value is -1.61. The minimum atomic E-state index is -3.28. The Morgan fingerprint density at radius 1 is 1.38 bits per heavy atom. The SMILES string of the molecule is CCS(=O)(=O)N1CCN=C1SCc1ccc([N+](=O)[O-])cc1. The van der Waals surface area contributed by atoms with Gasteiger partial charge in [0.05, 0.1) is 23.8 Å². The van der Waals surface area contributed by atoms with Crippen molar-refractivity contribution < 1.29 is 13.3 Å². The number of nitro groups is 1. The number of nitrogens with zero attached hydrogens (tertiary/aromatic N) is 3. The monoisotopic (exact) mass is 329 g/mol. The predicted molar refractivity (Wildman–Crippen MR) is 82.9 cm³/mol. The van der Waals surface area contributed by atoms with E-state index in [0.29, 0.717) is 24.0 Å². The van der Waals surface area contributed by atoms with Gasteiger partial charge >= 0.3 is 0 Å². The van der Waals surface area contributed by atoms with Crippen LogP contribution in [-0.2, 0) is 15.8 Å². The first-order valence-corrected chi connectivity index (χ1v) is 8.94. The molecule has 0 saturated carbocycles. The number of sulfonamides is 1. The Labute approximate surface area is 127 Å². The number of hydrogen-bond donors (Lipinski definition) is 0. The number of thioether (sulfide) groups is 1. The minimum absolute atomic E-state index is 0.0390. The number of hydrogen-bond acceptors (Lipinski definition) is 6. The van der Waals surface area contributed by atoms with Gasteiger partial charge < -0.3 is 0 Å². The van der Waals surface area contributed by atoms with E-state index < -0.39 is 14.9 Å². The Balaban J connectivity index is 2.01. The van der Waals surface area contributed by atoms with Crippen LogP contribution in [-0.4, -0.2) is 41.7 Å². The fourth-order valence-electron chi connectivity index (χ4n) is 1.80. The zero-order valence-electron chi connectivity index (χ0n) is 11.4. The maximum atomic E-state index is 11.9. The summed E-state index contributed by atoms with van der Waals surface area (Å²) >= 11 is 1.33. The van der Waals surface area contributed by atoms with Crippen molar-refractivity contribution in [2.45, 2.75) is 12.7 Å². The first-order valence-electron chi connectivity index (χ1n) is 6.35. The summed E-state index contributed by atoms with van der Waals surface area (Å²) in [6.07, 6.45) is 0. The maximum absolute atomic E-state index is 11.9. The Morgan fingerprint density at radius 3 is 2.62 bits per heavy atom. The first kappa shape index (κ1) is 15.8. The van der Waals surface area contributed by atoms with Gasteiger partial charge in [0, 0.05) is 17.9 Å². The summed E-state index contributed by atoms with van der Waals surface area (Å²) in [6.45, 7) is 2.47. The molecule has 0 radical (unpaired) electrons. The van der Waals surface area contributed by atoms with E-state index in [4.69, 9.17) is 0 Å². The zero-order valence-corrected chi connectivity index (χ0v) is 13.1. The molecule has 114 valence electrons. The first-order chi connectivity index (χ1) is 9.94. The van der Waals surface area contributed by atoms with Crippen LogP contribution in [0.1, 0.15) is 12.5 Å². The quantitative estimate of drug-likeness (QED) is 0.607. The highest BCUT2D eigenvalue weighted by Gasteiger charge is 2.27. The zero-order chi connectivity index (χ0) is 15.5. The topological polar surface area (TPSA) is 92.9 Å². The van der Waals surface area contributed by atoms with Gasteiger partial charge in [-0.25, -0.2) is 12.7 Å². The number of rotatable bonds is 5. The van der Waals surface area contributed by atoms with Crippen molar-refractivity contribution in [1.29, 1.82) is 0 Å². The third kappa shape index (κ3) is 3.73. The largest absolute Gasteiger partial charge is 0.269 e. The van der Waals surface area contributed by atoms with Gasteiger partial charge in [-0.15, -0.1) is 0 Å². The van der Waals surface area contributed by atoms with E-state index in [1.807, 2.05) is 0 Å². The van der Waals surface area contributed by atoms with Gasteiger partial charge in [-0.05, 0) is 12.5 Å². The molecule has 7 nitrogen and oxygen atoms in total. The molecule has 0 bridgehead atoms. The summed E-state index contributed by atoms with van der Waals surface area (Å²) < 4.78 is 25.1. The van der Waals surface area contributed by atoms with E-state index in [2.05, 4.69) is 4.99 Å². The summed E-state index contributed by atoms with van der Waals surface area (Å²) in [6, 6.07) is 6.21. The van der Waals surface area contributed by atoms with Crippen LogP contribution in [0, 0.1) is 10.1 Å². The van der Waals surface area contributed by atoms with E-state index in [-0.39, 0.29) is 11.4 Å². The lowest BCUT2D eigenvalue weighted by Gasteiger charge is -2.18. The van der Waals surface area contributed by atoms with E-state index in [1.54, 1.807) is 19.1 Å². The molecule has 0 aliphatic carbocycles. The van der Waals surface area contributed by atoms with Crippen LogP contribution in [0.2, 0.25) is 0 Å². The standard InChI is InChI=1S/C12H15N3O4S2/c1-2-21(18,19)14-8-7-13-12(14)20-9-10-3-5-11(6-4-10)15(16)17/h3-6H,2,7-9H2,1H3. The predicted octanol–water partition coefficient (Wildman–Crippen LogP) is 1.85. The van der Waals surface area contributed by atoms with E-state index in [1.165, 1.54) is 28.2 Å². The highest BCUT2D eigenvalue weighted by molar-refractivity contribution is 8.14. The van der Waals surface area contributed by atoms with Gasteiger partial charge in [0.25, 0.3) is 5.69 Å². The molecule has 1 aliphatic rings. The second kappa shape index (κ2) is 6.44. The van der Waals surface area contributed by atoms with Crippen molar-refractivity contribution in [2.24, 2.45) is 4.99 Å². The third-order valence-corrected chi connectivity index (χ3v) is 5.94. The molecule has 1 aromatic rings. The molecule has 0 spiro atoms. The average molecular weight is 329 g/mol. The molecule has 0 N–H and O–H groups in total. The molecule has 0 amide bonds. The lowest BCUT2D eigenvalue weighted by Crippen LogP contribution is -2.34. The molecule has 9 heteroatoms. The van der Waals surface area contributed by atoms with Gasteiger partial charge in [0.2, 0.25) is 10.0 Å². The van der Waals surface area contributed by atoms with Gasteiger partial charge in [-0.2, -0.15) is 0 Å². The lowest BCUT2D eigenvalue weighted by atomic mass is 10.2. The van der Waals surface area contributed by atoms with Crippen LogP contribution in [0.5, 0.6) is 0 Å². The highest BCUT2D eigenvalue weighted by atomic mass is 32.2. The fourth-order valence-corrected chi connectivity index (χ4v) is 4.18. The minimum Gasteiger partial charge on any atom is -0.260 e. The normalized spacial score (nSPS) is 15.1. The molecule has 1 aromatic carbocycles.